The molecule has 0 radical (unpaired) electrons. The number of ether oxygens (including phenoxy) is 5. The fourth-order valence-electron chi connectivity index (χ4n) is 3.99. The normalized spacial score (nSPS) is 51.5. The molecule has 0 saturated carbocycles. The first-order chi connectivity index (χ1) is 15.6. The Balaban J connectivity index is 1.81. The van der Waals surface area contributed by atoms with E-state index in [2.05, 4.69) is 0 Å². The van der Waals surface area contributed by atoms with Crippen LogP contribution in [0.5, 0.6) is 0 Å². The minimum absolute atomic E-state index is 0.0967. The summed E-state index contributed by atoms with van der Waals surface area (Å²) in [5, 5.41) is 99.5. The molecule has 3 aliphatic heterocycles. The van der Waals surface area contributed by atoms with Crippen LogP contribution in [-0.4, -0.2) is 157 Å². The van der Waals surface area contributed by atoms with E-state index in [4.69, 9.17) is 23.7 Å². The first kappa shape index (κ1) is 27.0. The summed E-state index contributed by atoms with van der Waals surface area (Å²) in [6.07, 6.45) is -22.1. The maximum atomic E-state index is 10.6. The lowest BCUT2D eigenvalue weighted by Gasteiger charge is -2.47. The molecule has 0 aromatic carbocycles. The topological polar surface area (TPSA) is 248 Å². The Morgan fingerprint density at radius 1 is 0.576 bits per heavy atom. The number of aliphatic hydroxyl groups excluding tert-OH is 10. The first-order valence-electron chi connectivity index (χ1n) is 10.5. The Labute approximate surface area is 187 Å². The predicted octanol–water partition coefficient (Wildman–Crippen LogP) is -6.54. The highest BCUT2D eigenvalue weighted by atomic mass is 16.8. The van der Waals surface area contributed by atoms with Gasteiger partial charge in [-0.25, -0.2) is 0 Å². The molecule has 3 saturated heterocycles. The van der Waals surface area contributed by atoms with Crippen molar-refractivity contribution in [3.63, 3.8) is 0 Å². The lowest BCUT2D eigenvalue weighted by atomic mass is 9.96. The molecule has 194 valence electrons. The summed E-state index contributed by atoms with van der Waals surface area (Å²) >= 11 is 0. The van der Waals surface area contributed by atoms with E-state index in [-0.39, 0.29) is 6.42 Å². The van der Waals surface area contributed by atoms with Crippen LogP contribution in [-0.2, 0) is 23.7 Å². The largest absolute Gasteiger partial charge is 0.394 e. The van der Waals surface area contributed by atoms with E-state index in [1.165, 1.54) is 0 Å². The zero-order valence-electron chi connectivity index (χ0n) is 17.4. The minimum atomic E-state index is -1.89. The maximum absolute atomic E-state index is 10.6. The lowest BCUT2D eigenvalue weighted by molar-refractivity contribution is -0.384. The second-order valence-corrected chi connectivity index (χ2v) is 8.24. The first-order valence-corrected chi connectivity index (χ1v) is 10.5. The smallest absolute Gasteiger partial charge is 0.187 e. The van der Waals surface area contributed by atoms with Crippen LogP contribution in [0.25, 0.3) is 0 Å². The average Bonchev–Trinajstić information content (AvgIpc) is 2.80. The van der Waals surface area contributed by atoms with Gasteiger partial charge in [0.05, 0.1) is 32.0 Å². The van der Waals surface area contributed by atoms with E-state index >= 15 is 0 Å². The van der Waals surface area contributed by atoms with Crippen LogP contribution in [0.4, 0.5) is 0 Å². The molecular formula is C18H32O15. The summed E-state index contributed by atoms with van der Waals surface area (Å²) in [6.45, 7) is -2.00. The highest BCUT2D eigenvalue weighted by Crippen LogP contribution is 2.32. The summed E-state index contributed by atoms with van der Waals surface area (Å²) in [4.78, 5) is 0. The Kier molecular flexibility index (Phi) is 9.35. The summed E-state index contributed by atoms with van der Waals surface area (Å²) in [5.74, 6) is 0. The van der Waals surface area contributed by atoms with E-state index in [0.29, 0.717) is 0 Å². The number of aliphatic hydroxyl groups is 10. The summed E-state index contributed by atoms with van der Waals surface area (Å²) < 4.78 is 26.8. The van der Waals surface area contributed by atoms with Crippen molar-refractivity contribution in [3.05, 3.63) is 0 Å². The second-order valence-electron chi connectivity index (χ2n) is 8.24. The van der Waals surface area contributed by atoms with Gasteiger partial charge in [0, 0.05) is 6.42 Å². The number of hydrogen-bond donors (Lipinski definition) is 10. The molecule has 0 aromatic rings. The van der Waals surface area contributed by atoms with Gasteiger partial charge in [0.2, 0.25) is 0 Å². The summed E-state index contributed by atoms with van der Waals surface area (Å²) in [7, 11) is 0. The molecule has 3 aliphatic rings. The molecule has 14 atom stereocenters. The quantitative estimate of drug-likeness (QED) is 0.160. The summed E-state index contributed by atoms with van der Waals surface area (Å²) in [5.41, 5.74) is 0. The van der Waals surface area contributed by atoms with E-state index in [9.17, 15) is 51.1 Å². The van der Waals surface area contributed by atoms with Gasteiger partial charge in [-0.3, -0.25) is 0 Å². The van der Waals surface area contributed by atoms with Crippen LogP contribution in [0.15, 0.2) is 0 Å². The van der Waals surface area contributed by atoms with Gasteiger partial charge in [-0.1, -0.05) is 0 Å². The van der Waals surface area contributed by atoms with Crippen molar-refractivity contribution in [2.45, 2.75) is 92.4 Å². The molecule has 14 unspecified atom stereocenters. The Bertz CT molecular complexity index is 609. The van der Waals surface area contributed by atoms with Crippen LogP contribution < -0.4 is 0 Å². The van der Waals surface area contributed by atoms with Gasteiger partial charge in [-0.2, -0.15) is 0 Å². The average molecular weight is 488 g/mol. The van der Waals surface area contributed by atoms with Crippen LogP contribution in [0.2, 0.25) is 0 Å². The Hall–Kier alpha value is -0.600. The molecule has 15 heteroatoms. The molecule has 0 spiro atoms. The van der Waals surface area contributed by atoms with Crippen molar-refractivity contribution in [1.29, 1.82) is 0 Å². The molecule has 0 aromatic heterocycles. The second kappa shape index (κ2) is 11.4. The van der Waals surface area contributed by atoms with Gasteiger partial charge >= 0.3 is 0 Å². The SMILES string of the molecule is OCC1CC(O)C(O)C(OC2C(O)C(CO)OC(O)C2OC2OC(CO)C(O)C(O)C2O)O1. The van der Waals surface area contributed by atoms with Crippen molar-refractivity contribution in [1.82, 2.24) is 0 Å². The third kappa shape index (κ3) is 5.64. The minimum Gasteiger partial charge on any atom is -0.394 e. The van der Waals surface area contributed by atoms with E-state index in [1.807, 2.05) is 0 Å². The zero-order chi connectivity index (χ0) is 24.4. The van der Waals surface area contributed by atoms with Gasteiger partial charge < -0.3 is 74.7 Å². The monoisotopic (exact) mass is 488 g/mol. The van der Waals surface area contributed by atoms with Crippen LogP contribution in [0.3, 0.4) is 0 Å². The Morgan fingerprint density at radius 2 is 1.15 bits per heavy atom. The fraction of sp³-hybridized carbons (Fsp3) is 1.00. The zero-order valence-corrected chi connectivity index (χ0v) is 17.4. The van der Waals surface area contributed by atoms with Gasteiger partial charge in [-0.05, 0) is 0 Å². The third-order valence-electron chi connectivity index (χ3n) is 5.96. The van der Waals surface area contributed by atoms with Gasteiger partial charge in [0.25, 0.3) is 0 Å². The summed E-state index contributed by atoms with van der Waals surface area (Å²) in [6, 6.07) is 0. The van der Waals surface area contributed by atoms with E-state index < -0.39 is 106 Å². The molecule has 15 nitrogen and oxygen atoms in total. The lowest BCUT2D eigenvalue weighted by Crippen LogP contribution is -2.66. The van der Waals surface area contributed by atoms with Crippen molar-refractivity contribution >= 4 is 0 Å². The molecular weight excluding hydrogens is 456 g/mol. The fourth-order valence-corrected chi connectivity index (χ4v) is 3.99. The van der Waals surface area contributed by atoms with Gasteiger partial charge in [0.15, 0.2) is 18.9 Å². The highest BCUT2D eigenvalue weighted by molar-refractivity contribution is 4.95. The molecule has 0 bridgehead atoms. The van der Waals surface area contributed by atoms with Crippen LogP contribution in [0.1, 0.15) is 6.42 Å². The molecule has 0 amide bonds. The molecule has 3 rings (SSSR count). The molecule has 33 heavy (non-hydrogen) atoms. The highest BCUT2D eigenvalue weighted by Gasteiger charge is 2.52. The van der Waals surface area contributed by atoms with Crippen molar-refractivity contribution in [2.24, 2.45) is 0 Å². The molecule has 10 N–H and O–H groups in total. The van der Waals surface area contributed by atoms with Gasteiger partial charge in [-0.15, -0.1) is 0 Å². The number of rotatable bonds is 7. The van der Waals surface area contributed by atoms with Crippen molar-refractivity contribution < 1.29 is 74.7 Å². The molecule has 3 fully saturated rings. The third-order valence-corrected chi connectivity index (χ3v) is 5.96. The van der Waals surface area contributed by atoms with Crippen molar-refractivity contribution in [3.8, 4) is 0 Å². The predicted molar refractivity (Wildman–Crippen MR) is 99.9 cm³/mol. The van der Waals surface area contributed by atoms with Crippen LogP contribution >= 0.6 is 0 Å². The molecule has 3 heterocycles. The Morgan fingerprint density at radius 3 is 1.76 bits per heavy atom. The van der Waals surface area contributed by atoms with Crippen LogP contribution in [0, 0.1) is 0 Å². The molecule has 0 aliphatic carbocycles. The van der Waals surface area contributed by atoms with Crippen molar-refractivity contribution in [2.75, 3.05) is 19.8 Å². The maximum Gasteiger partial charge on any atom is 0.187 e. The number of hydrogen-bond acceptors (Lipinski definition) is 15. The standard InChI is InChI=1S/C18H32O15/c19-2-5-1-6(22)9(23)17(29-5)32-14-11(25)8(4-21)30-16(28)15(14)33-18-13(27)12(26)10(24)7(3-20)31-18/h5-28H,1-4H2. The van der Waals surface area contributed by atoms with Gasteiger partial charge in [0.1, 0.15) is 54.9 Å². The van der Waals surface area contributed by atoms with E-state index in [1.54, 1.807) is 0 Å². The van der Waals surface area contributed by atoms with E-state index in [0.717, 1.165) is 0 Å².